The molecule has 0 saturated heterocycles. The van der Waals surface area contributed by atoms with Crippen LogP contribution in [0, 0.1) is 11.8 Å². The summed E-state index contributed by atoms with van der Waals surface area (Å²) >= 11 is 6.08. The number of hydrogen-bond acceptors (Lipinski definition) is 4. The third-order valence-electron chi connectivity index (χ3n) is 3.60. The normalized spacial score (nSPS) is 10.4. The number of hydrogen-bond donors (Lipinski definition) is 1. The van der Waals surface area contributed by atoms with E-state index in [2.05, 4.69) is 27.2 Å². The van der Waals surface area contributed by atoms with E-state index < -0.39 is 0 Å². The van der Waals surface area contributed by atoms with E-state index in [1.165, 1.54) is 0 Å². The Morgan fingerprint density at radius 2 is 1.92 bits per heavy atom. The summed E-state index contributed by atoms with van der Waals surface area (Å²) in [7, 11) is 0. The number of anilines is 1. The average Bonchev–Trinajstić information content (AvgIpc) is 3.28. The van der Waals surface area contributed by atoms with Crippen LogP contribution < -0.4 is 5.32 Å². The number of furan rings is 1. The van der Waals surface area contributed by atoms with Crippen LogP contribution in [-0.2, 0) is 6.54 Å². The first-order chi connectivity index (χ1) is 12.3. The van der Waals surface area contributed by atoms with E-state index in [1.54, 1.807) is 10.8 Å². The summed E-state index contributed by atoms with van der Waals surface area (Å²) in [6, 6.07) is 17.3. The zero-order valence-electron chi connectivity index (χ0n) is 13.1. The van der Waals surface area contributed by atoms with Gasteiger partial charge in [-0.1, -0.05) is 24.1 Å². The number of nitrogens with zero attached hydrogens (tertiary/aromatic N) is 3. The van der Waals surface area contributed by atoms with Gasteiger partial charge in [0.05, 0.1) is 12.8 Å². The highest BCUT2D eigenvalue weighted by atomic mass is 35.5. The Kier molecular flexibility index (Phi) is 4.11. The van der Waals surface area contributed by atoms with Gasteiger partial charge in [-0.15, -0.1) is 5.10 Å². The molecule has 0 spiro atoms. The van der Waals surface area contributed by atoms with Crippen LogP contribution in [0.1, 0.15) is 17.0 Å². The Morgan fingerprint density at radius 1 is 1.04 bits per heavy atom. The topological polar surface area (TPSA) is 55.4 Å². The molecule has 1 aromatic carbocycles. The highest BCUT2D eigenvalue weighted by Crippen LogP contribution is 2.19. The lowest BCUT2D eigenvalue weighted by Crippen LogP contribution is -2.06. The molecular formula is C19H13ClN4O. The molecule has 122 valence electrons. The minimum absolute atomic E-state index is 0.147. The fourth-order valence-electron chi connectivity index (χ4n) is 2.44. The van der Waals surface area contributed by atoms with Crippen molar-refractivity contribution in [1.29, 1.82) is 0 Å². The number of aromatic nitrogens is 3. The monoisotopic (exact) mass is 348 g/mol. The van der Waals surface area contributed by atoms with Crippen molar-refractivity contribution >= 4 is 22.9 Å². The van der Waals surface area contributed by atoms with Gasteiger partial charge in [-0.3, -0.25) is 0 Å². The fourth-order valence-corrected chi connectivity index (χ4v) is 2.60. The molecule has 0 aliphatic carbocycles. The molecule has 4 aromatic rings. The maximum atomic E-state index is 6.08. The molecule has 3 aromatic heterocycles. The maximum Gasteiger partial charge on any atom is 0.243 e. The second-order valence-electron chi connectivity index (χ2n) is 5.29. The van der Waals surface area contributed by atoms with Crippen molar-refractivity contribution in [3.05, 3.63) is 83.2 Å². The van der Waals surface area contributed by atoms with Gasteiger partial charge in [0.2, 0.25) is 5.28 Å². The maximum absolute atomic E-state index is 6.08. The van der Waals surface area contributed by atoms with Crippen molar-refractivity contribution < 1.29 is 4.42 Å². The molecule has 0 bridgehead atoms. The van der Waals surface area contributed by atoms with E-state index in [0.29, 0.717) is 12.4 Å². The van der Waals surface area contributed by atoms with Crippen LogP contribution in [0.3, 0.4) is 0 Å². The Balaban J connectivity index is 1.68. The minimum Gasteiger partial charge on any atom is -0.467 e. The third-order valence-corrected chi connectivity index (χ3v) is 3.76. The predicted molar refractivity (Wildman–Crippen MR) is 96.5 cm³/mol. The van der Waals surface area contributed by atoms with Crippen molar-refractivity contribution in [2.45, 2.75) is 6.54 Å². The Morgan fingerprint density at radius 3 is 2.72 bits per heavy atom. The summed E-state index contributed by atoms with van der Waals surface area (Å²) in [5.41, 5.74) is 2.48. The number of rotatable bonds is 3. The van der Waals surface area contributed by atoms with Crippen LogP contribution in [0.4, 0.5) is 5.82 Å². The van der Waals surface area contributed by atoms with Crippen molar-refractivity contribution in [2.75, 3.05) is 5.32 Å². The van der Waals surface area contributed by atoms with E-state index in [-0.39, 0.29) is 5.28 Å². The summed E-state index contributed by atoms with van der Waals surface area (Å²) in [5.74, 6) is 7.69. The molecule has 0 saturated carbocycles. The van der Waals surface area contributed by atoms with E-state index in [1.807, 2.05) is 54.6 Å². The van der Waals surface area contributed by atoms with Crippen LogP contribution in [0.15, 0.2) is 65.3 Å². The molecule has 25 heavy (non-hydrogen) atoms. The first-order valence-corrected chi connectivity index (χ1v) is 8.06. The van der Waals surface area contributed by atoms with Gasteiger partial charge in [0.25, 0.3) is 0 Å². The summed E-state index contributed by atoms with van der Waals surface area (Å²) in [5, 5.41) is 7.62. The fraction of sp³-hybridized carbons (Fsp3) is 0.0526. The van der Waals surface area contributed by atoms with Crippen molar-refractivity contribution in [3.8, 4) is 11.8 Å². The number of halogens is 1. The lowest BCUT2D eigenvalue weighted by molar-refractivity contribution is 0.518. The molecule has 0 aliphatic heterocycles. The quantitative estimate of drug-likeness (QED) is 0.569. The summed E-state index contributed by atoms with van der Waals surface area (Å²) in [4.78, 5) is 4.26. The summed E-state index contributed by atoms with van der Waals surface area (Å²) in [6.07, 6.45) is 1.63. The molecule has 0 aliphatic rings. The van der Waals surface area contributed by atoms with Crippen molar-refractivity contribution in [3.63, 3.8) is 0 Å². The zero-order chi connectivity index (χ0) is 17.1. The highest BCUT2D eigenvalue weighted by Gasteiger charge is 2.10. The molecule has 0 radical (unpaired) electrons. The second kappa shape index (κ2) is 6.71. The van der Waals surface area contributed by atoms with E-state index in [4.69, 9.17) is 16.0 Å². The smallest absolute Gasteiger partial charge is 0.243 e. The summed E-state index contributed by atoms with van der Waals surface area (Å²) in [6.45, 7) is 0.506. The molecule has 0 fully saturated rings. The first-order valence-electron chi connectivity index (χ1n) is 7.68. The lowest BCUT2D eigenvalue weighted by Gasteiger charge is -2.06. The van der Waals surface area contributed by atoms with E-state index in [0.717, 1.165) is 22.5 Å². The Labute approximate surface area is 149 Å². The highest BCUT2D eigenvalue weighted by molar-refractivity contribution is 6.28. The lowest BCUT2D eigenvalue weighted by atomic mass is 10.2. The number of fused-ring (bicyclic) bond motifs is 1. The molecule has 0 unspecified atom stereocenters. The number of nitrogens with one attached hydrogen (secondary N) is 1. The van der Waals surface area contributed by atoms with E-state index in [9.17, 15) is 0 Å². The van der Waals surface area contributed by atoms with Gasteiger partial charge in [-0.25, -0.2) is 4.52 Å². The van der Waals surface area contributed by atoms with E-state index >= 15 is 0 Å². The SMILES string of the molecule is Clc1nc(NCc2ccco2)c2ccc(C#Cc3ccccc3)n2n1. The van der Waals surface area contributed by atoms with Crippen LogP contribution in [-0.4, -0.2) is 14.6 Å². The third kappa shape index (κ3) is 3.35. The Hall–Kier alpha value is -3.23. The standard InChI is InChI=1S/C19H13ClN4O/c20-19-22-18(21-13-16-7-4-12-25-16)17-11-10-15(24(17)23-19)9-8-14-5-2-1-3-6-14/h1-7,10-12H,13H2,(H,21,22,23). The van der Waals surface area contributed by atoms with Gasteiger partial charge < -0.3 is 9.73 Å². The molecule has 3 heterocycles. The van der Waals surface area contributed by atoms with Gasteiger partial charge in [-0.05, 0) is 53.9 Å². The molecule has 1 N–H and O–H groups in total. The summed E-state index contributed by atoms with van der Waals surface area (Å²) < 4.78 is 7.01. The minimum atomic E-state index is 0.147. The number of benzene rings is 1. The van der Waals surface area contributed by atoms with Gasteiger partial charge in [-0.2, -0.15) is 4.98 Å². The molecular weight excluding hydrogens is 336 g/mol. The van der Waals surface area contributed by atoms with Crippen LogP contribution in [0.2, 0.25) is 5.28 Å². The van der Waals surface area contributed by atoms with Gasteiger partial charge in [0.15, 0.2) is 5.82 Å². The molecule has 6 heteroatoms. The van der Waals surface area contributed by atoms with Crippen LogP contribution >= 0.6 is 11.6 Å². The molecule has 0 amide bonds. The van der Waals surface area contributed by atoms with Gasteiger partial charge in [0.1, 0.15) is 17.0 Å². The van der Waals surface area contributed by atoms with Crippen molar-refractivity contribution in [1.82, 2.24) is 14.6 Å². The predicted octanol–water partition coefficient (Wildman–Crippen LogP) is 3.99. The van der Waals surface area contributed by atoms with Crippen LogP contribution in [0.25, 0.3) is 5.52 Å². The van der Waals surface area contributed by atoms with Crippen LogP contribution in [0.5, 0.6) is 0 Å². The average molecular weight is 349 g/mol. The first kappa shape index (κ1) is 15.3. The molecule has 4 rings (SSSR count). The van der Waals surface area contributed by atoms with Gasteiger partial charge in [0, 0.05) is 5.56 Å². The largest absolute Gasteiger partial charge is 0.467 e. The van der Waals surface area contributed by atoms with Gasteiger partial charge >= 0.3 is 0 Å². The molecule has 0 atom stereocenters. The molecule has 5 nitrogen and oxygen atoms in total. The second-order valence-corrected chi connectivity index (χ2v) is 5.63. The Bertz CT molecular complexity index is 1060. The van der Waals surface area contributed by atoms with Crippen molar-refractivity contribution in [2.24, 2.45) is 0 Å². The zero-order valence-corrected chi connectivity index (χ0v) is 13.9.